The van der Waals surface area contributed by atoms with Crippen molar-refractivity contribution in [3.8, 4) is 11.4 Å². The van der Waals surface area contributed by atoms with E-state index in [-0.39, 0.29) is 0 Å². The minimum Gasteiger partial charge on any atom is -0.384 e. The summed E-state index contributed by atoms with van der Waals surface area (Å²) in [6, 6.07) is 5.47. The van der Waals surface area contributed by atoms with Crippen molar-refractivity contribution in [1.82, 2.24) is 20.0 Å². The first kappa shape index (κ1) is 7.72. The molecule has 0 unspecified atom stereocenters. The lowest BCUT2D eigenvalue weighted by atomic mass is 10.3. The Hall–Kier alpha value is -1.91. The molecule has 0 radical (unpaired) electrons. The van der Waals surface area contributed by atoms with E-state index in [2.05, 4.69) is 15.3 Å². The van der Waals surface area contributed by atoms with E-state index in [1.807, 2.05) is 19.2 Å². The molecule has 0 saturated carbocycles. The van der Waals surface area contributed by atoms with Gasteiger partial charge in [0.1, 0.15) is 11.5 Å². The summed E-state index contributed by atoms with van der Waals surface area (Å²) in [4.78, 5) is 4.15. The molecule has 0 atom stereocenters. The average molecular weight is 175 g/mol. The molecule has 0 amide bonds. The molecule has 0 aromatic carbocycles. The zero-order valence-corrected chi connectivity index (χ0v) is 7.18. The van der Waals surface area contributed by atoms with Crippen LogP contribution in [-0.4, -0.2) is 20.0 Å². The Morgan fingerprint density at radius 2 is 2.23 bits per heavy atom. The number of anilines is 1. The second-order valence-corrected chi connectivity index (χ2v) is 2.69. The van der Waals surface area contributed by atoms with Crippen molar-refractivity contribution in [1.29, 1.82) is 0 Å². The molecule has 5 nitrogen and oxygen atoms in total. The van der Waals surface area contributed by atoms with Gasteiger partial charge in [-0.3, -0.25) is 0 Å². The van der Waals surface area contributed by atoms with Crippen molar-refractivity contribution in [2.24, 2.45) is 7.05 Å². The van der Waals surface area contributed by atoms with E-state index >= 15 is 0 Å². The van der Waals surface area contributed by atoms with Crippen LogP contribution in [0, 0.1) is 0 Å². The number of nitrogen functional groups attached to an aromatic ring is 1. The van der Waals surface area contributed by atoms with Crippen LogP contribution in [-0.2, 0) is 7.05 Å². The van der Waals surface area contributed by atoms with Crippen molar-refractivity contribution in [3.63, 3.8) is 0 Å². The minimum atomic E-state index is 0.499. The molecule has 2 aromatic heterocycles. The summed E-state index contributed by atoms with van der Waals surface area (Å²) in [6.07, 6.45) is 1.65. The predicted molar refractivity (Wildman–Crippen MR) is 48.6 cm³/mol. The summed E-state index contributed by atoms with van der Waals surface area (Å²) < 4.78 is 1.65. The monoisotopic (exact) mass is 175 g/mol. The highest BCUT2D eigenvalue weighted by atomic mass is 15.4. The van der Waals surface area contributed by atoms with Crippen LogP contribution in [0.4, 0.5) is 5.82 Å². The van der Waals surface area contributed by atoms with Gasteiger partial charge in [0.15, 0.2) is 0 Å². The molecule has 13 heavy (non-hydrogen) atoms. The Bertz CT molecular complexity index is 420. The molecule has 0 aliphatic heterocycles. The molecule has 0 aliphatic rings. The van der Waals surface area contributed by atoms with Crippen LogP contribution in [0.3, 0.4) is 0 Å². The van der Waals surface area contributed by atoms with Crippen LogP contribution >= 0.6 is 0 Å². The molecule has 66 valence electrons. The van der Waals surface area contributed by atoms with Crippen LogP contribution < -0.4 is 5.73 Å². The number of pyridine rings is 1. The minimum absolute atomic E-state index is 0.499. The predicted octanol–water partition coefficient (Wildman–Crippen LogP) is 0.459. The maximum absolute atomic E-state index is 5.55. The van der Waals surface area contributed by atoms with Crippen LogP contribution in [0.2, 0.25) is 0 Å². The van der Waals surface area contributed by atoms with Crippen LogP contribution in [0.25, 0.3) is 11.4 Å². The first-order valence-electron chi connectivity index (χ1n) is 3.85. The molecule has 2 heterocycles. The lowest BCUT2D eigenvalue weighted by Crippen LogP contribution is -1.97. The fourth-order valence-electron chi connectivity index (χ4n) is 1.12. The number of aryl methyl sites for hydroxylation is 1. The van der Waals surface area contributed by atoms with Gasteiger partial charge in [-0.05, 0) is 12.1 Å². The van der Waals surface area contributed by atoms with Gasteiger partial charge in [-0.15, -0.1) is 5.10 Å². The summed E-state index contributed by atoms with van der Waals surface area (Å²) in [7, 11) is 1.81. The van der Waals surface area contributed by atoms with Gasteiger partial charge in [-0.2, -0.15) is 0 Å². The number of hydrogen-bond donors (Lipinski definition) is 1. The number of nitrogens with zero attached hydrogens (tertiary/aromatic N) is 4. The van der Waals surface area contributed by atoms with E-state index in [9.17, 15) is 0 Å². The molecular weight excluding hydrogens is 166 g/mol. The van der Waals surface area contributed by atoms with Crippen molar-refractivity contribution < 1.29 is 0 Å². The molecule has 0 bridgehead atoms. The smallest absolute Gasteiger partial charge is 0.124 e. The average Bonchev–Trinajstić information content (AvgIpc) is 2.51. The molecule has 0 fully saturated rings. The molecule has 2 N–H and O–H groups in total. The highest BCUT2D eigenvalue weighted by molar-refractivity contribution is 5.55. The van der Waals surface area contributed by atoms with Gasteiger partial charge >= 0.3 is 0 Å². The van der Waals surface area contributed by atoms with Crippen molar-refractivity contribution in [2.75, 3.05) is 5.73 Å². The Morgan fingerprint density at radius 1 is 1.38 bits per heavy atom. The molecule has 0 spiro atoms. The van der Waals surface area contributed by atoms with Gasteiger partial charge in [0.25, 0.3) is 0 Å². The van der Waals surface area contributed by atoms with Gasteiger partial charge in [0.05, 0.1) is 11.9 Å². The topological polar surface area (TPSA) is 69.6 Å². The normalized spacial score (nSPS) is 10.2. The summed E-state index contributed by atoms with van der Waals surface area (Å²) >= 11 is 0. The maximum Gasteiger partial charge on any atom is 0.124 e. The van der Waals surface area contributed by atoms with Crippen molar-refractivity contribution in [2.45, 2.75) is 0 Å². The van der Waals surface area contributed by atoms with Crippen molar-refractivity contribution >= 4 is 5.82 Å². The lowest BCUT2D eigenvalue weighted by molar-refractivity contribution is 0.719. The van der Waals surface area contributed by atoms with Gasteiger partial charge in [-0.25, -0.2) is 9.67 Å². The Labute approximate surface area is 75.2 Å². The van der Waals surface area contributed by atoms with E-state index in [0.29, 0.717) is 5.82 Å². The Balaban J connectivity index is 2.53. The largest absolute Gasteiger partial charge is 0.384 e. The first-order chi connectivity index (χ1) is 6.27. The highest BCUT2D eigenvalue weighted by Crippen LogP contribution is 2.14. The van der Waals surface area contributed by atoms with Gasteiger partial charge in [0.2, 0.25) is 0 Å². The summed E-state index contributed by atoms with van der Waals surface area (Å²) in [6.45, 7) is 0. The van der Waals surface area contributed by atoms with Crippen molar-refractivity contribution in [3.05, 3.63) is 24.4 Å². The summed E-state index contributed by atoms with van der Waals surface area (Å²) in [5, 5.41) is 7.57. The molecule has 0 aliphatic carbocycles. The third kappa shape index (κ3) is 1.35. The molecular formula is C8H9N5. The zero-order valence-electron chi connectivity index (χ0n) is 7.18. The van der Waals surface area contributed by atoms with Gasteiger partial charge in [-0.1, -0.05) is 11.3 Å². The summed E-state index contributed by atoms with van der Waals surface area (Å²) in [5.41, 5.74) is 7.19. The highest BCUT2D eigenvalue weighted by Gasteiger charge is 2.04. The SMILES string of the molecule is Cn1nncc1-c1cccc(N)n1. The van der Waals surface area contributed by atoms with E-state index in [1.54, 1.807) is 16.9 Å². The van der Waals surface area contributed by atoms with E-state index in [0.717, 1.165) is 11.4 Å². The van der Waals surface area contributed by atoms with Crippen LogP contribution in [0.5, 0.6) is 0 Å². The third-order valence-electron chi connectivity index (χ3n) is 1.75. The van der Waals surface area contributed by atoms with E-state index < -0.39 is 0 Å². The standard InChI is InChI=1S/C8H9N5/c1-13-7(5-10-12-13)6-3-2-4-8(9)11-6/h2-5H,1H3,(H2,9,11). The number of rotatable bonds is 1. The molecule has 2 aromatic rings. The maximum atomic E-state index is 5.55. The zero-order chi connectivity index (χ0) is 9.26. The quantitative estimate of drug-likeness (QED) is 0.683. The van der Waals surface area contributed by atoms with Crippen LogP contribution in [0.1, 0.15) is 0 Å². The molecule has 2 rings (SSSR count). The van der Waals surface area contributed by atoms with Gasteiger partial charge in [0, 0.05) is 7.05 Å². The fraction of sp³-hybridized carbons (Fsp3) is 0.125. The second kappa shape index (κ2) is 2.85. The van der Waals surface area contributed by atoms with E-state index in [4.69, 9.17) is 5.73 Å². The number of hydrogen-bond acceptors (Lipinski definition) is 4. The van der Waals surface area contributed by atoms with E-state index in [1.165, 1.54) is 0 Å². The fourth-order valence-corrected chi connectivity index (χ4v) is 1.12. The molecule has 5 heteroatoms. The Morgan fingerprint density at radius 3 is 2.85 bits per heavy atom. The van der Waals surface area contributed by atoms with Crippen LogP contribution in [0.15, 0.2) is 24.4 Å². The molecule has 0 saturated heterocycles. The summed E-state index contributed by atoms with van der Waals surface area (Å²) in [5.74, 6) is 0.499. The second-order valence-electron chi connectivity index (χ2n) is 2.69. The lowest BCUT2D eigenvalue weighted by Gasteiger charge is -1.99. The number of aromatic nitrogens is 4. The number of nitrogens with two attached hydrogens (primary N) is 1. The van der Waals surface area contributed by atoms with Gasteiger partial charge < -0.3 is 5.73 Å². The first-order valence-corrected chi connectivity index (χ1v) is 3.85. The Kier molecular flexibility index (Phi) is 1.70. The third-order valence-corrected chi connectivity index (χ3v) is 1.75.